The summed E-state index contributed by atoms with van der Waals surface area (Å²) in [4.78, 5) is 40.2. The van der Waals surface area contributed by atoms with Gasteiger partial charge in [0.25, 0.3) is 5.56 Å². The third-order valence-electron chi connectivity index (χ3n) is 6.24. The van der Waals surface area contributed by atoms with E-state index < -0.39 is 28.9 Å². The van der Waals surface area contributed by atoms with Gasteiger partial charge in [-0.3, -0.25) is 9.36 Å². The number of aryl methyl sites for hydroxylation is 1. The summed E-state index contributed by atoms with van der Waals surface area (Å²) in [6.07, 6.45) is 4.34. The van der Waals surface area contributed by atoms with E-state index >= 15 is 0 Å². The molecule has 0 aliphatic rings. The summed E-state index contributed by atoms with van der Waals surface area (Å²) in [5.41, 5.74) is -1.94. The number of ether oxygens (including phenoxy) is 2. The molecule has 3 aromatic rings. The van der Waals surface area contributed by atoms with Gasteiger partial charge >= 0.3 is 11.7 Å². The monoisotopic (exact) mass is 530 g/mol. The summed E-state index contributed by atoms with van der Waals surface area (Å²) in [7, 11) is 1.54. The maximum absolute atomic E-state index is 13.9. The minimum Gasteiger partial charge on any atom is -0.501 e. The number of aromatic nitrogens is 4. The third kappa shape index (κ3) is 5.19. The number of allylic oxidation sites excluding steroid dienone is 1. The van der Waals surface area contributed by atoms with Crippen LogP contribution in [-0.2, 0) is 26.4 Å². The molecule has 10 nitrogen and oxygen atoms in total. The van der Waals surface area contributed by atoms with E-state index in [1.165, 1.54) is 36.9 Å². The Labute approximate surface area is 219 Å². The Morgan fingerprint density at radius 1 is 1.32 bits per heavy atom. The van der Waals surface area contributed by atoms with Crippen molar-refractivity contribution < 1.29 is 19.4 Å². The highest BCUT2D eigenvalue weighted by Gasteiger charge is 2.36. The highest BCUT2D eigenvalue weighted by molar-refractivity contribution is 7.21. The molecular weight excluding hydrogens is 496 g/mol. The van der Waals surface area contributed by atoms with E-state index in [2.05, 4.69) is 11.7 Å². The third-order valence-corrected chi connectivity index (χ3v) is 7.55. The van der Waals surface area contributed by atoms with Crippen LogP contribution in [0.2, 0.25) is 0 Å². The van der Waals surface area contributed by atoms with E-state index in [4.69, 9.17) is 9.47 Å². The lowest BCUT2D eigenvalue weighted by molar-refractivity contribution is -0.146. The number of thiophene rings is 1. The molecule has 0 unspecified atom stereocenters. The van der Waals surface area contributed by atoms with Crippen molar-refractivity contribution in [2.45, 2.75) is 59.7 Å². The number of hydrogen-bond donors (Lipinski definition) is 1. The number of aliphatic carboxylic acids is 1. The molecule has 3 aromatic heterocycles. The summed E-state index contributed by atoms with van der Waals surface area (Å²) in [6.45, 7) is 14.6. The molecule has 0 aliphatic carbocycles. The van der Waals surface area contributed by atoms with E-state index in [9.17, 15) is 19.5 Å². The number of carboxylic acid groups (broad SMARTS) is 1. The molecule has 0 radical (unpaired) electrons. The molecule has 0 saturated heterocycles. The largest absolute Gasteiger partial charge is 0.501 e. The fraction of sp³-hybridized carbons (Fsp3) is 0.462. The number of nitrogens with zero attached hydrogens (tertiary/aromatic N) is 4. The van der Waals surface area contributed by atoms with Crippen molar-refractivity contribution in [2.24, 2.45) is 5.92 Å². The van der Waals surface area contributed by atoms with Crippen molar-refractivity contribution in [3.63, 3.8) is 0 Å². The number of hydrogen-bond acceptors (Lipinski definition) is 7. The highest BCUT2D eigenvalue weighted by Crippen LogP contribution is 2.32. The molecule has 200 valence electrons. The van der Waals surface area contributed by atoms with Gasteiger partial charge in [-0.1, -0.05) is 37.8 Å². The Morgan fingerprint density at radius 2 is 2.00 bits per heavy atom. The second-order valence-electron chi connectivity index (χ2n) is 9.70. The van der Waals surface area contributed by atoms with Gasteiger partial charge in [0.2, 0.25) is 0 Å². The number of rotatable bonds is 11. The lowest BCUT2D eigenvalue weighted by Crippen LogP contribution is -2.53. The quantitative estimate of drug-likeness (QED) is 0.297. The Morgan fingerprint density at radius 3 is 2.51 bits per heavy atom. The zero-order chi connectivity index (χ0) is 27.7. The molecule has 3 rings (SSSR count). The Hall–Kier alpha value is -3.44. The normalized spacial score (nSPS) is 13.6. The fourth-order valence-electron chi connectivity index (χ4n) is 4.03. The zero-order valence-electron chi connectivity index (χ0n) is 22.3. The molecule has 0 spiro atoms. The minimum absolute atomic E-state index is 0.0125. The van der Waals surface area contributed by atoms with Gasteiger partial charge < -0.3 is 14.6 Å². The first-order chi connectivity index (χ1) is 17.4. The van der Waals surface area contributed by atoms with Crippen molar-refractivity contribution >= 4 is 27.5 Å². The van der Waals surface area contributed by atoms with Crippen LogP contribution in [0.25, 0.3) is 15.2 Å². The number of fused-ring (bicyclic) bond motifs is 1. The van der Waals surface area contributed by atoms with Crippen LogP contribution in [0.4, 0.5) is 0 Å². The Bertz CT molecular complexity index is 1460. The summed E-state index contributed by atoms with van der Waals surface area (Å²) in [5, 5.41) is 15.1. The van der Waals surface area contributed by atoms with Crippen LogP contribution >= 0.6 is 11.3 Å². The lowest BCUT2D eigenvalue weighted by Gasteiger charge is -2.26. The van der Waals surface area contributed by atoms with E-state index in [0.29, 0.717) is 33.3 Å². The standard InChI is InChI=1S/C26H34N4O6S/c1-9-18(17(5)35-8)19(36-14-15(2)3)13-28-23-20(16(4)22(37-23)29-12-10-11-27-29)21(31)30(25(28)34)26(6,7)24(32)33/h9-12,15,19H,1,13-14H2,2-8H3,(H,32,33)/b18-17-/t19-/m0/s1. The van der Waals surface area contributed by atoms with Crippen LogP contribution in [0.3, 0.4) is 0 Å². The Kier molecular flexibility index (Phi) is 8.28. The molecule has 1 N–H and O–H groups in total. The first-order valence-corrected chi connectivity index (χ1v) is 12.7. The highest BCUT2D eigenvalue weighted by atomic mass is 32.1. The number of methoxy groups -OCH3 is 1. The first-order valence-electron chi connectivity index (χ1n) is 11.9. The number of carboxylic acids is 1. The maximum Gasteiger partial charge on any atom is 0.333 e. The summed E-state index contributed by atoms with van der Waals surface area (Å²) < 4.78 is 15.5. The topological polar surface area (TPSA) is 118 Å². The van der Waals surface area contributed by atoms with E-state index in [0.717, 1.165) is 4.57 Å². The molecule has 0 amide bonds. The molecule has 1 atom stereocenters. The second-order valence-corrected chi connectivity index (χ2v) is 10.7. The first kappa shape index (κ1) is 28.1. The van der Waals surface area contributed by atoms with Crippen LogP contribution < -0.4 is 11.2 Å². The van der Waals surface area contributed by atoms with Gasteiger partial charge in [0, 0.05) is 30.1 Å². The van der Waals surface area contributed by atoms with E-state index in [1.54, 1.807) is 43.1 Å². The molecule has 3 heterocycles. The maximum atomic E-state index is 13.9. The van der Waals surface area contributed by atoms with Crippen LogP contribution in [0, 0.1) is 12.8 Å². The van der Waals surface area contributed by atoms with Crippen molar-refractivity contribution in [3.05, 3.63) is 68.8 Å². The predicted octanol–water partition coefficient (Wildman–Crippen LogP) is 3.69. The Balaban J connectivity index is 2.41. The van der Waals surface area contributed by atoms with Crippen molar-refractivity contribution in [2.75, 3.05) is 13.7 Å². The average Bonchev–Trinajstić information content (AvgIpc) is 3.47. The second kappa shape index (κ2) is 10.9. The van der Waals surface area contributed by atoms with Gasteiger partial charge in [-0.25, -0.2) is 18.8 Å². The molecule has 0 aliphatic heterocycles. The molecule has 37 heavy (non-hydrogen) atoms. The van der Waals surface area contributed by atoms with Crippen molar-refractivity contribution in [1.82, 2.24) is 18.9 Å². The van der Waals surface area contributed by atoms with Gasteiger partial charge in [-0.15, -0.1) is 0 Å². The van der Waals surface area contributed by atoms with Crippen LogP contribution in [0.1, 0.15) is 40.2 Å². The lowest BCUT2D eigenvalue weighted by atomic mass is 10.1. The van der Waals surface area contributed by atoms with E-state index in [1.807, 2.05) is 13.8 Å². The van der Waals surface area contributed by atoms with Crippen LogP contribution in [0.15, 0.2) is 52.0 Å². The van der Waals surface area contributed by atoms with Gasteiger partial charge in [-0.05, 0) is 39.7 Å². The summed E-state index contributed by atoms with van der Waals surface area (Å²) in [6, 6.07) is 1.76. The van der Waals surface area contributed by atoms with Crippen molar-refractivity contribution in [1.29, 1.82) is 0 Å². The number of carbonyl (C=O) groups is 1. The summed E-state index contributed by atoms with van der Waals surface area (Å²) >= 11 is 1.24. The summed E-state index contributed by atoms with van der Waals surface area (Å²) in [5.74, 6) is -0.512. The molecule has 11 heteroatoms. The molecule has 0 saturated carbocycles. The molecule has 0 fully saturated rings. The van der Waals surface area contributed by atoms with Gasteiger partial charge in [0.05, 0.1) is 24.8 Å². The van der Waals surface area contributed by atoms with Crippen LogP contribution in [-0.4, -0.2) is 49.8 Å². The molecule has 0 aromatic carbocycles. The van der Waals surface area contributed by atoms with Gasteiger partial charge in [0.1, 0.15) is 21.5 Å². The van der Waals surface area contributed by atoms with Crippen molar-refractivity contribution in [3.8, 4) is 5.00 Å². The zero-order valence-corrected chi connectivity index (χ0v) is 23.1. The van der Waals surface area contributed by atoms with Crippen LogP contribution in [0.5, 0.6) is 0 Å². The fourth-order valence-corrected chi connectivity index (χ4v) is 5.27. The van der Waals surface area contributed by atoms with E-state index in [-0.39, 0.29) is 17.8 Å². The SMILES string of the molecule is C=C/C(=C(\C)OC)[C@H](Cn1c(=O)n(C(C)(C)C(=O)O)c(=O)c2c(C)c(-n3cccn3)sc21)OCC(C)C. The van der Waals surface area contributed by atoms with Gasteiger partial charge in [0.15, 0.2) is 0 Å². The minimum atomic E-state index is -1.79. The smallest absolute Gasteiger partial charge is 0.333 e. The molecule has 0 bridgehead atoms. The predicted molar refractivity (Wildman–Crippen MR) is 144 cm³/mol. The molecular formula is C26H34N4O6S. The van der Waals surface area contributed by atoms with Gasteiger partial charge in [-0.2, -0.15) is 5.10 Å². The average molecular weight is 531 g/mol.